The fraction of sp³-hybridized carbons (Fsp3) is 1.00. The molecule has 1 aliphatic carbocycles. The van der Waals surface area contributed by atoms with Gasteiger partial charge in [-0.1, -0.05) is 13.8 Å². The van der Waals surface area contributed by atoms with Gasteiger partial charge in [-0.25, -0.2) is 0 Å². The van der Waals surface area contributed by atoms with E-state index in [-0.39, 0.29) is 0 Å². The second-order valence-corrected chi connectivity index (χ2v) is 3.96. The van der Waals surface area contributed by atoms with Crippen LogP contribution in [0.3, 0.4) is 0 Å². The van der Waals surface area contributed by atoms with E-state index >= 15 is 0 Å². The van der Waals surface area contributed by atoms with Crippen molar-refractivity contribution in [3.63, 3.8) is 0 Å². The van der Waals surface area contributed by atoms with E-state index < -0.39 is 0 Å². The molecule has 2 atom stereocenters. The summed E-state index contributed by atoms with van der Waals surface area (Å²) in [4.78, 5) is 0. The van der Waals surface area contributed by atoms with Crippen LogP contribution in [0, 0.1) is 0 Å². The van der Waals surface area contributed by atoms with E-state index in [9.17, 15) is 0 Å². The minimum absolute atomic E-state index is 0.536. The van der Waals surface area contributed by atoms with Crippen LogP contribution in [0.4, 0.5) is 0 Å². The molecular weight excluding hydrogens is 162 g/mol. The van der Waals surface area contributed by atoms with Crippen molar-refractivity contribution in [1.29, 1.82) is 0 Å². The molecule has 0 aromatic carbocycles. The van der Waals surface area contributed by atoms with Crippen molar-refractivity contribution in [3.8, 4) is 0 Å². The molecule has 2 unspecified atom stereocenters. The van der Waals surface area contributed by atoms with Gasteiger partial charge in [0.25, 0.3) is 0 Å². The van der Waals surface area contributed by atoms with Crippen LogP contribution in [0.5, 0.6) is 0 Å². The van der Waals surface area contributed by atoms with E-state index in [0.717, 1.165) is 25.6 Å². The molecule has 0 aromatic heterocycles. The number of rotatable bonds is 6. The summed E-state index contributed by atoms with van der Waals surface area (Å²) in [5.41, 5.74) is 0. The maximum atomic E-state index is 5.72. The zero-order valence-corrected chi connectivity index (χ0v) is 9.01. The van der Waals surface area contributed by atoms with Crippen LogP contribution >= 0.6 is 0 Å². The molecule has 0 radical (unpaired) electrons. The van der Waals surface area contributed by atoms with Gasteiger partial charge in [0.15, 0.2) is 0 Å². The Labute approximate surface area is 82.0 Å². The van der Waals surface area contributed by atoms with Crippen LogP contribution in [0.2, 0.25) is 0 Å². The minimum Gasteiger partial charge on any atom is -0.378 e. The number of nitrogens with one attached hydrogen (secondary N) is 1. The quantitative estimate of drug-likeness (QED) is 0.686. The zero-order chi connectivity index (χ0) is 9.52. The van der Waals surface area contributed by atoms with Gasteiger partial charge in [-0.2, -0.15) is 0 Å². The first-order valence-corrected chi connectivity index (χ1v) is 5.71. The average Bonchev–Trinajstić information content (AvgIpc) is 2.59. The first kappa shape index (κ1) is 11.0. The summed E-state index contributed by atoms with van der Waals surface area (Å²) < 4.78 is 5.72. The summed E-state index contributed by atoms with van der Waals surface area (Å²) in [5, 5.41) is 3.56. The van der Waals surface area contributed by atoms with Gasteiger partial charge in [-0.15, -0.1) is 0 Å². The molecule has 0 saturated heterocycles. The average molecular weight is 185 g/mol. The topological polar surface area (TPSA) is 21.3 Å². The van der Waals surface area contributed by atoms with Crippen molar-refractivity contribution >= 4 is 0 Å². The predicted octanol–water partition coefficient (Wildman–Crippen LogP) is 2.33. The summed E-state index contributed by atoms with van der Waals surface area (Å²) in [6, 6.07) is 0.724. The first-order valence-electron chi connectivity index (χ1n) is 5.71. The fourth-order valence-corrected chi connectivity index (χ4v) is 1.91. The molecule has 0 spiro atoms. The molecule has 2 nitrogen and oxygen atoms in total. The third kappa shape index (κ3) is 4.10. The molecular formula is C11H23NO. The molecule has 0 aromatic rings. The Hall–Kier alpha value is -0.0800. The minimum atomic E-state index is 0.536. The Bertz CT molecular complexity index is 113. The Morgan fingerprint density at radius 3 is 2.77 bits per heavy atom. The molecule has 0 aliphatic heterocycles. The summed E-state index contributed by atoms with van der Waals surface area (Å²) in [6.07, 6.45) is 6.69. The van der Waals surface area contributed by atoms with Crippen LogP contribution in [-0.4, -0.2) is 25.3 Å². The van der Waals surface area contributed by atoms with Crippen LogP contribution < -0.4 is 5.32 Å². The van der Waals surface area contributed by atoms with Gasteiger partial charge in [0.05, 0.1) is 6.10 Å². The normalized spacial score (nSPS) is 28.2. The van der Waals surface area contributed by atoms with Crippen molar-refractivity contribution in [2.45, 2.75) is 58.1 Å². The van der Waals surface area contributed by atoms with Gasteiger partial charge in [-0.05, 0) is 38.6 Å². The summed E-state index contributed by atoms with van der Waals surface area (Å²) in [7, 11) is 0. The predicted molar refractivity (Wildman–Crippen MR) is 56.0 cm³/mol. The molecule has 13 heavy (non-hydrogen) atoms. The Morgan fingerprint density at radius 2 is 2.08 bits per heavy atom. The summed E-state index contributed by atoms with van der Waals surface area (Å²) >= 11 is 0. The molecule has 0 bridgehead atoms. The molecule has 1 fully saturated rings. The van der Waals surface area contributed by atoms with Crippen LogP contribution in [0.25, 0.3) is 0 Å². The lowest BCUT2D eigenvalue weighted by Crippen LogP contribution is -2.27. The molecule has 2 heteroatoms. The van der Waals surface area contributed by atoms with Crippen molar-refractivity contribution in [2.75, 3.05) is 13.2 Å². The van der Waals surface area contributed by atoms with E-state index in [1.54, 1.807) is 0 Å². The fourth-order valence-electron chi connectivity index (χ4n) is 1.91. The maximum absolute atomic E-state index is 5.72. The van der Waals surface area contributed by atoms with Gasteiger partial charge in [0.2, 0.25) is 0 Å². The van der Waals surface area contributed by atoms with E-state index in [1.807, 2.05) is 0 Å². The molecule has 1 N–H and O–H groups in total. The second-order valence-electron chi connectivity index (χ2n) is 3.96. The highest BCUT2D eigenvalue weighted by Gasteiger charge is 2.23. The Morgan fingerprint density at radius 1 is 1.23 bits per heavy atom. The summed E-state index contributed by atoms with van der Waals surface area (Å²) in [6.45, 7) is 6.48. The largest absolute Gasteiger partial charge is 0.378 e. The van der Waals surface area contributed by atoms with Crippen LogP contribution in [0.1, 0.15) is 46.0 Å². The Kier molecular flexibility index (Phi) is 5.40. The van der Waals surface area contributed by atoms with Crippen LogP contribution in [0.15, 0.2) is 0 Å². The highest BCUT2D eigenvalue weighted by molar-refractivity contribution is 4.80. The van der Waals surface area contributed by atoms with E-state index in [2.05, 4.69) is 19.2 Å². The van der Waals surface area contributed by atoms with E-state index in [0.29, 0.717) is 6.10 Å². The van der Waals surface area contributed by atoms with Crippen molar-refractivity contribution in [1.82, 2.24) is 5.32 Å². The smallest absolute Gasteiger partial charge is 0.0590 e. The van der Waals surface area contributed by atoms with E-state index in [4.69, 9.17) is 4.74 Å². The van der Waals surface area contributed by atoms with Gasteiger partial charge in [0.1, 0.15) is 0 Å². The van der Waals surface area contributed by atoms with Gasteiger partial charge < -0.3 is 10.1 Å². The van der Waals surface area contributed by atoms with Gasteiger partial charge in [0, 0.05) is 12.6 Å². The summed E-state index contributed by atoms with van der Waals surface area (Å²) in [5.74, 6) is 0. The third-order valence-electron chi connectivity index (χ3n) is 2.63. The first-order chi connectivity index (χ1) is 6.36. The number of ether oxygens (including phenoxy) is 1. The second kappa shape index (κ2) is 6.39. The maximum Gasteiger partial charge on any atom is 0.0590 e. The zero-order valence-electron chi connectivity index (χ0n) is 9.01. The van der Waals surface area contributed by atoms with E-state index in [1.165, 1.54) is 25.7 Å². The molecule has 1 rings (SSSR count). The van der Waals surface area contributed by atoms with Crippen molar-refractivity contribution in [2.24, 2.45) is 0 Å². The lowest BCUT2D eigenvalue weighted by atomic mass is 10.2. The molecule has 1 saturated carbocycles. The standard InChI is InChI=1S/C11H23NO/c1-3-7-12-10-5-6-11(9-10)13-8-4-2/h10-12H,3-9H2,1-2H3. The SMILES string of the molecule is CCCNC1CCC(OCCC)C1. The lowest BCUT2D eigenvalue weighted by Gasteiger charge is -2.12. The highest BCUT2D eigenvalue weighted by atomic mass is 16.5. The van der Waals surface area contributed by atoms with Gasteiger partial charge >= 0.3 is 0 Å². The van der Waals surface area contributed by atoms with Gasteiger partial charge in [-0.3, -0.25) is 0 Å². The highest BCUT2D eigenvalue weighted by Crippen LogP contribution is 2.22. The molecule has 1 aliphatic rings. The Balaban J connectivity index is 2.05. The number of hydrogen-bond acceptors (Lipinski definition) is 2. The molecule has 0 heterocycles. The van der Waals surface area contributed by atoms with Crippen molar-refractivity contribution in [3.05, 3.63) is 0 Å². The van der Waals surface area contributed by atoms with Crippen LogP contribution in [-0.2, 0) is 4.74 Å². The molecule has 78 valence electrons. The number of hydrogen-bond donors (Lipinski definition) is 1. The molecule has 0 amide bonds. The third-order valence-corrected chi connectivity index (χ3v) is 2.63. The monoisotopic (exact) mass is 185 g/mol. The lowest BCUT2D eigenvalue weighted by molar-refractivity contribution is 0.0573. The van der Waals surface area contributed by atoms with Crippen molar-refractivity contribution < 1.29 is 4.74 Å².